The van der Waals surface area contributed by atoms with Crippen LogP contribution in [0, 0.1) is 6.92 Å². The molecule has 0 bridgehead atoms. The molecule has 0 spiro atoms. The molecule has 1 amide bonds. The molecule has 0 radical (unpaired) electrons. The first-order valence-corrected chi connectivity index (χ1v) is 9.47. The largest absolute Gasteiger partial charge is 0.341 e. The second-order valence-corrected chi connectivity index (χ2v) is 7.14. The molecule has 0 aliphatic carbocycles. The predicted molar refractivity (Wildman–Crippen MR) is 104 cm³/mol. The molecule has 2 aromatic carbocycles. The van der Waals surface area contributed by atoms with Crippen LogP contribution in [-0.4, -0.2) is 33.4 Å². The number of fused-ring (bicyclic) bond motifs is 1. The second-order valence-electron chi connectivity index (χ2n) is 7.14. The van der Waals surface area contributed by atoms with Gasteiger partial charge in [0.25, 0.3) is 0 Å². The van der Waals surface area contributed by atoms with Crippen molar-refractivity contribution >= 4 is 16.9 Å². The van der Waals surface area contributed by atoms with Crippen molar-refractivity contribution in [3.63, 3.8) is 0 Å². The molecule has 1 aliphatic heterocycles. The van der Waals surface area contributed by atoms with E-state index in [1.807, 2.05) is 17.0 Å². The number of carbonyl (C=O) groups excluding carboxylic acids is 1. The van der Waals surface area contributed by atoms with Gasteiger partial charge >= 0.3 is 0 Å². The molecule has 3 aromatic rings. The lowest BCUT2D eigenvalue weighted by atomic mass is 10.1. The summed E-state index contributed by atoms with van der Waals surface area (Å²) in [4.78, 5) is 19.3. The normalized spacial score (nSPS) is 17.1. The number of aromatic nitrogens is 2. The summed E-state index contributed by atoms with van der Waals surface area (Å²) in [5.74, 6) is 1.32. The zero-order valence-electron chi connectivity index (χ0n) is 15.3. The number of para-hydroxylation sites is 2. The smallest absolute Gasteiger partial charge is 0.222 e. The first kappa shape index (κ1) is 16.8. The summed E-state index contributed by atoms with van der Waals surface area (Å²) in [5.41, 5.74) is 3.52. The third-order valence-electron chi connectivity index (χ3n) is 5.35. The molecule has 1 atom stereocenters. The van der Waals surface area contributed by atoms with Gasteiger partial charge in [-0.1, -0.05) is 42.5 Å². The summed E-state index contributed by atoms with van der Waals surface area (Å²) in [6.45, 7) is 3.70. The molecule has 26 heavy (non-hydrogen) atoms. The van der Waals surface area contributed by atoms with E-state index in [0.717, 1.165) is 43.7 Å². The number of imidazole rings is 1. The lowest BCUT2D eigenvalue weighted by molar-refractivity contribution is -0.130. The summed E-state index contributed by atoms with van der Waals surface area (Å²) in [6, 6.07) is 19.0. The van der Waals surface area contributed by atoms with Gasteiger partial charge in [0, 0.05) is 19.5 Å². The first-order chi connectivity index (χ1) is 12.7. The molecule has 0 saturated carbocycles. The molecule has 134 valence electrons. The van der Waals surface area contributed by atoms with E-state index in [1.54, 1.807) is 0 Å². The minimum atomic E-state index is 0.283. The van der Waals surface area contributed by atoms with E-state index in [1.165, 1.54) is 11.1 Å². The number of hydrogen-bond acceptors (Lipinski definition) is 2. The lowest BCUT2D eigenvalue weighted by Crippen LogP contribution is -2.29. The Morgan fingerprint density at radius 1 is 1.12 bits per heavy atom. The number of aryl methyl sites for hydroxylation is 2. The molecule has 1 aliphatic rings. The fourth-order valence-electron chi connectivity index (χ4n) is 4.05. The molecule has 1 fully saturated rings. The standard InChI is InChI=1S/C22H25N3O/c1-17-23-20-11-5-6-12-21(20)25(17)19-14-15-24(16-19)22(26)13-7-10-18-8-3-2-4-9-18/h2-6,8-9,11-12,19H,7,10,13-16H2,1H3/t19-/m1/s1. The Hall–Kier alpha value is -2.62. The van der Waals surface area contributed by atoms with Gasteiger partial charge in [0.05, 0.1) is 17.1 Å². The zero-order chi connectivity index (χ0) is 17.9. The number of likely N-dealkylation sites (tertiary alicyclic amines) is 1. The highest BCUT2D eigenvalue weighted by Crippen LogP contribution is 2.28. The molecule has 1 saturated heterocycles. The van der Waals surface area contributed by atoms with E-state index < -0.39 is 0 Å². The lowest BCUT2D eigenvalue weighted by Gasteiger charge is -2.18. The average molecular weight is 347 g/mol. The minimum absolute atomic E-state index is 0.283. The van der Waals surface area contributed by atoms with Crippen LogP contribution in [0.2, 0.25) is 0 Å². The highest BCUT2D eigenvalue weighted by molar-refractivity contribution is 5.77. The molecule has 2 heterocycles. The summed E-state index contributed by atoms with van der Waals surface area (Å²) >= 11 is 0. The van der Waals surface area contributed by atoms with Crippen molar-refractivity contribution in [1.29, 1.82) is 0 Å². The van der Waals surface area contributed by atoms with E-state index >= 15 is 0 Å². The van der Waals surface area contributed by atoms with E-state index in [0.29, 0.717) is 12.5 Å². The topological polar surface area (TPSA) is 38.1 Å². The van der Waals surface area contributed by atoms with Crippen LogP contribution in [0.3, 0.4) is 0 Å². The first-order valence-electron chi connectivity index (χ1n) is 9.47. The van der Waals surface area contributed by atoms with Gasteiger partial charge in [-0.25, -0.2) is 4.98 Å². The van der Waals surface area contributed by atoms with Crippen LogP contribution in [0.25, 0.3) is 11.0 Å². The van der Waals surface area contributed by atoms with Crippen molar-refractivity contribution in [3.05, 3.63) is 66.0 Å². The van der Waals surface area contributed by atoms with Crippen molar-refractivity contribution in [2.45, 2.75) is 38.6 Å². The van der Waals surface area contributed by atoms with Gasteiger partial charge in [-0.15, -0.1) is 0 Å². The van der Waals surface area contributed by atoms with Gasteiger partial charge in [-0.05, 0) is 43.9 Å². The van der Waals surface area contributed by atoms with Gasteiger partial charge in [-0.3, -0.25) is 4.79 Å². The van der Waals surface area contributed by atoms with Crippen molar-refractivity contribution < 1.29 is 4.79 Å². The van der Waals surface area contributed by atoms with Crippen molar-refractivity contribution in [2.75, 3.05) is 13.1 Å². The Kier molecular flexibility index (Phi) is 4.74. The van der Waals surface area contributed by atoms with E-state index in [-0.39, 0.29) is 5.91 Å². The third kappa shape index (κ3) is 3.36. The maximum Gasteiger partial charge on any atom is 0.222 e. The molecule has 4 nitrogen and oxygen atoms in total. The van der Waals surface area contributed by atoms with E-state index in [9.17, 15) is 4.79 Å². The van der Waals surface area contributed by atoms with Gasteiger partial charge in [-0.2, -0.15) is 0 Å². The number of hydrogen-bond donors (Lipinski definition) is 0. The van der Waals surface area contributed by atoms with Crippen LogP contribution in [-0.2, 0) is 11.2 Å². The Balaban J connectivity index is 1.37. The SMILES string of the molecule is Cc1nc2ccccc2n1[C@@H]1CCN(C(=O)CCCc2ccccc2)C1. The number of benzene rings is 2. The third-order valence-corrected chi connectivity index (χ3v) is 5.35. The Morgan fingerprint density at radius 3 is 2.73 bits per heavy atom. The highest BCUT2D eigenvalue weighted by Gasteiger charge is 2.28. The van der Waals surface area contributed by atoms with Crippen molar-refractivity contribution in [1.82, 2.24) is 14.5 Å². The maximum absolute atomic E-state index is 12.6. The average Bonchev–Trinajstić information content (AvgIpc) is 3.26. The monoisotopic (exact) mass is 347 g/mol. The van der Waals surface area contributed by atoms with Crippen LogP contribution in [0.1, 0.15) is 36.7 Å². The summed E-state index contributed by atoms with van der Waals surface area (Å²) in [7, 11) is 0. The summed E-state index contributed by atoms with van der Waals surface area (Å²) in [5, 5.41) is 0. The van der Waals surface area contributed by atoms with Gasteiger partial charge in [0.2, 0.25) is 5.91 Å². The molecule has 4 rings (SSSR count). The van der Waals surface area contributed by atoms with Crippen LogP contribution >= 0.6 is 0 Å². The van der Waals surface area contributed by atoms with Crippen LogP contribution in [0.5, 0.6) is 0 Å². The van der Waals surface area contributed by atoms with Crippen LogP contribution < -0.4 is 0 Å². The second kappa shape index (κ2) is 7.32. The molecule has 4 heteroatoms. The highest BCUT2D eigenvalue weighted by atomic mass is 16.2. The quantitative estimate of drug-likeness (QED) is 0.696. The number of nitrogens with zero attached hydrogens (tertiary/aromatic N) is 3. The minimum Gasteiger partial charge on any atom is -0.341 e. The Labute approximate surface area is 154 Å². The van der Waals surface area contributed by atoms with Crippen LogP contribution in [0.15, 0.2) is 54.6 Å². The van der Waals surface area contributed by atoms with Gasteiger partial charge in [0.1, 0.15) is 5.82 Å². The van der Waals surface area contributed by atoms with Gasteiger partial charge < -0.3 is 9.47 Å². The fraction of sp³-hybridized carbons (Fsp3) is 0.364. The van der Waals surface area contributed by atoms with Gasteiger partial charge in [0.15, 0.2) is 0 Å². The van der Waals surface area contributed by atoms with Crippen molar-refractivity contribution in [3.8, 4) is 0 Å². The van der Waals surface area contributed by atoms with Crippen molar-refractivity contribution in [2.24, 2.45) is 0 Å². The number of rotatable bonds is 5. The molecule has 0 unspecified atom stereocenters. The number of amides is 1. The number of carbonyl (C=O) groups is 1. The van der Waals surface area contributed by atoms with Crippen LogP contribution in [0.4, 0.5) is 0 Å². The molecule has 0 N–H and O–H groups in total. The summed E-state index contributed by atoms with van der Waals surface area (Å²) in [6.07, 6.45) is 3.52. The molecule has 1 aromatic heterocycles. The summed E-state index contributed by atoms with van der Waals surface area (Å²) < 4.78 is 2.31. The van der Waals surface area contributed by atoms with E-state index in [4.69, 9.17) is 0 Å². The maximum atomic E-state index is 12.6. The molecular weight excluding hydrogens is 322 g/mol. The van der Waals surface area contributed by atoms with E-state index in [2.05, 4.69) is 58.9 Å². The zero-order valence-corrected chi connectivity index (χ0v) is 15.3. The predicted octanol–water partition coefficient (Wildman–Crippen LogP) is 4.14. The Bertz CT molecular complexity index is 900. The Morgan fingerprint density at radius 2 is 1.88 bits per heavy atom. The fourth-order valence-corrected chi connectivity index (χ4v) is 4.05. The molecular formula is C22H25N3O.